The number of nitro benzene ring substituents is 1. The predicted octanol–water partition coefficient (Wildman–Crippen LogP) is 3.60. The van der Waals surface area contributed by atoms with Gasteiger partial charge in [-0.2, -0.15) is 5.10 Å². The van der Waals surface area contributed by atoms with Gasteiger partial charge < -0.3 is 5.32 Å². The van der Waals surface area contributed by atoms with E-state index in [0.717, 1.165) is 11.3 Å². The summed E-state index contributed by atoms with van der Waals surface area (Å²) in [5.41, 5.74) is 1.99. The lowest BCUT2D eigenvalue weighted by molar-refractivity contribution is -0.384. The van der Waals surface area contributed by atoms with Crippen LogP contribution < -0.4 is 5.32 Å². The van der Waals surface area contributed by atoms with Crippen LogP contribution >= 0.6 is 0 Å². The van der Waals surface area contributed by atoms with Crippen LogP contribution in [0.25, 0.3) is 0 Å². The van der Waals surface area contributed by atoms with Gasteiger partial charge in [0.2, 0.25) is 0 Å². The molecule has 0 fully saturated rings. The van der Waals surface area contributed by atoms with Gasteiger partial charge in [0.25, 0.3) is 5.69 Å². The Bertz CT molecular complexity index is 641. The van der Waals surface area contributed by atoms with Crippen molar-refractivity contribution in [2.45, 2.75) is 33.2 Å². The summed E-state index contributed by atoms with van der Waals surface area (Å²) in [5.74, 6) is 0. The van der Waals surface area contributed by atoms with Crippen molar-refractivity contribution < 1.29 is 4.92 Å². The Kier molecular flexibility index (Phi) is 3.48. The van der Waals surface area contributed by atoms with Gasteiger partial charge in [0, 0.05) is 12.3 Å². The van der Waals surface area contributed by atoms with Gasteiger partial charge in [-0.25, -0.2) is 0 Å². The Morgan fingerprint density at radius 3 is 2.60 bits per heavy atom. The molecule has 20 heavy (non-hydrogen) atoms. The van der Waals surface area contributed by atoms with Crippen LogP contribution in [0.4, 0.5) is 17.1 Å². The minimum Gasteiger partial charge on any atom is -0.347 e. The number of rotatable bonds is 3. The molecule has 0 amide bonds. The SMILES string of the molecule is Cc1ccc(Nc2cnn(C(C)(C)C)c2)c([N+](=O)[O-])c1. The van der Waals surface area contributed by atoms with E-state index < -0.39 is 0 Å². The highest BCUT2D eigenvalue weighted by molar-refractivity contribution is 5.69. The Labute approximate surface area is 117 Å². The lowest BCUT2D eigenvalue weighted by Crippen LogP contribution is -2.21. The summed E-state index contributed by atoms with van der Waals surface area (Å²) in [6.45, 7) is 7.95. The highest BCUT2D eigenvalue weighted by Gasteiger charge is 2.17. The van der Waals surface area contributed by atoms with Crippen molar-refractivity contribution in [3.63, 3.8) is 0 Å². The molecule has 0 aliphatic heterocycles. The standard InChI is InChI=1S/C14H18N4O2/c1-10-5-6-12(13(7-10)18(19)20)16-11-8-15-17(9-11)14(2,3)4/h5-9,16H,1-4H3. The molecule has 6 heteroatoms. The maximum Gasteiger partial charge on any atom is 0.292 e. The zero-order valence-corrected chi connectivity index (χ0v) is 12.0. The molecule has 6 nitrogen and oxygen atoms in total. The lowest BCUT2D eigenvalue weighted by Gasteiger charge is -2.18. The van der Waals surface area contributed by atoms with Crippen LogP contribution in [-0.4, -0.2) is 14.7 Å². The van der Waals surface area contributed by atoms with E-state index in [1.807, 2.05) is 44.6 Å². The molecule has 0 radical (unpaired) electrons. The molecule has 0 spiro atoms. The van der Waals surface area contributed by atoms with Gasteiger partial charge in [-0.3, -0.25) is 14.8 Å². The second-order valence-corrected chi connectivity index (χ2v) is 5.75. The van der Waals surface area contributed by atoms with Crippen molar-refractivity contribution in [3.8, 4) is 0 Å². The average Bonchev–Trinajstić information content (AvgIpc) is 2.79. The topological polar surface area (TPSA) is 73.0 Å². The van der Waals surface area contributed by atoms with E-state index in [2.05, 4.69) is 10.4 Å². The number of nitrogens with one attached hydrogen (secondary N) is 1. The first kappa shape index (κ1) is 14.0. The van der Waals surface area contributed by atoms with Gasteiger partial charge >= 0.3 is 0 Å². The molecule has 0 unspecified atom stereocenters. The number of nitrogens with zero attached hydrogens (tertiary/aromatic N) is 3. The van der Waals surface area contributed by atoms with Crippen molar-refractivity contribution in [2.75, 3.05) is 5.32 Å². The molecular weight excluding hydrogens is 256 g/mol. The number of hydrogen-bond donors (Lipinski definition) is 1. The van der Waals surface area contributed by atoms with Crippen LogP contribution in [0.3, 0.4) is 0 Å². The fourth-order valence-electron chi connectivity index (χ4n) is 1.81. The molecule has 1 heterocycles. The molecular formula is C14H18N4O2. The van der Waals surface area contributed by atoms with E-state index in [9.17, 15) is 10.1 Å². The zero-order valence-electron chi connectivity index (χ0n) is 12.0. The van der Waals surface area contributed by atoms with Crippen LogP contribution in [0.5, 0.6) is 0 Å². The number of aryl methyl sites for hydroxylation is 1. The Hall–Kier alpha value is -2.37. The second kappa shape index (κ2) is 4.96. The molecule has 0 bridgehead atoms. The number of benzene rings is 1. The summed E-state index contributed by atoms with van der Waals surface area (Å²) in [6, 6.07) is 5.10. The number of aromatic nitrogens is 2. The van der Waals surface area contributed by atoms with E-state index in [-0.39, 0.29) is 16.1 Å². The summed E-state index contributed by atoms with van der Waals surface area (Å²) in [7, 11) is 0. The normalized spacial score (nSPS) is 11.4. The van der Waals surface area contributed by atoms with Crippen LogP contribution in [0, 0.1) is 17.0 Å². The fraction of sp³-hybridized carbons (Fsp3) is 0.357. The first-order chi connectivity index (χ1) is 9.27. The fourth-order valence-corrected chi connectivity index (χ4v) is 1.81. The van der Waals surface area contributed by atoms with E-state index in [4.69, 9.17) is 0 Å². The summed E-state index contributed by atoms with van der Waals surface area (Å²) < 4.78 is 1.81. The third-order valence-corrected chi connectivity index (χ3v) is 2.90. The van der Waals surface area contributed by atoms with Crippen molar-refractivity contribution in [1.82, 2.24) is 9.78 Å². The second-order valence-electron chi connectivity index (χ2n) is 5.75. The van der Waals surface area contributed by atoms with Gasteiger partial charge in [-0.05, 0) is 39.3 Å². The molecule has 1 aromatic carbocycles. The average molecular weight is 274 g/mol. The molecule has 2 aromatic rings. The Balaban J connectivity index is 2.31. The Morgan fingerprint density at radius 2 is 2.05 bits per heavy atom. The molecule has 0 aliphatic carbocycles. The summed E-state index contributed by atoms with van der Waals surface area (Å²) in [4.78, 5) is 10.7. The summed E-state index contributed by atoms with van der Waals surface area (Å²) >= 11 is 0. The van der Waals surface area contributed by atoms with Crippen LogP contribution in [0.2, 0.25) is 0 Å². The van der Waals surface area contributed by atoms with Crippen LogP contribution in [0.1, 0.15) is 26.3 Å². The number of nitro groups is 1. The van der Waals surface area contributed by atoms with Crippen molar-refractivity contribution in [2.24, 2.45) is 0 Å². The number of hydrogen-bond acceptors (Lipinski definition) is 4. The highest BCUT2D eigenvalue weighted by atomic mass is 16.6. The van der Waals surface area contributed by atoms with Gasteiger partial charge in [0.15, 0.2) is 0 Å². The van der Waals surface area contributed by atoms with E-state index >= 15 is 0 Å². The van der Waals surface area contributed by atoms with Gasteiger partial charge in [-0.15, -0.1) is 0 Å². The first-order valence-electron chi connectivity index (χ1n) is 6.34. The molecule has 0 saturated heterocycles. The van der Waals surface area contributed by atoms with Gasteiger partial charge in [-0.1, -0.05) is 6.07 Å². The quantitative estimate of drug-likeness (QED) is 0.685. The third-order valence-electron chi connectivity index (χ3n) is 2.90. The third kappa shape index (κ3) is 2.96. The van der Waals surface area contributed by atoms with Crippen molar-refractivity contribution in [3.05, 3.63) is 46.3 Å². The monoisotopic (exact) mass is 274 g/mol. The summed E-state index contributed by atoms with van der Waals surface area (Å²) in [6.07, 6.45) is 3.50. The molecule has 0 aliphatic rings. The van der Waals surface area contributed by atoms with Crippen molar-refractivity contribution in [1.29, 1.82) is 0 Å². The van der Waals surface area contributed by atoms with E-state index in [1.165, 1.54) is 0 Å². The lowest BCUT2D eigenvalue weighted by atomic mass is 10.1. The van der Waals surface area contributed by atoms with Gasteiger partial charge in [0.1, 0.15) is 5.69 Å². The highest BCUT2D eigenvalue weighted by Crippen LogP contribution is 2.28. The van der Waals surface area contributed by atoms with Gasteiger partial charge in [0.05, 0.1) is 22.3 Å². The molecule has 106 valence electrons. The molecule has 1 aromatic heterocycles. The largest absolute Gasteiger partial charge is 0.347 e. The van der Waals surface area contributed by atoms with Crippen LogP contribution in [0.15, 0.2) is 30.6 Å². The predicted molar refractivity (Wildman–Crippen MR) is 78.3 cm³/mol. The number of anilines is 2. The minimum atomic E-state index is -0.385. The maximum absolute atomic E-state index is 11.1. The zero-order chi connectivity index (χ0) is 14.9. The molecule has 2 rings (SSSR count). The van der Waals surface area contributed by atoms with Crippen molar-refractivity contribution >= 4 is 17.1 Å². The molecule has 1 N–H and O–H groups in total. The smallest absolute Gasteiger partial charge is 0.292 e. The van der Waals surface area contributed by atoms with Crippen LogP contribution in [-0.2, 0) is 5.54 Å². The minimum absolute atomic E-state index is 0.0634. The molecule has 0 atom stereocenters. The molecule has 0 saturated carbocycles. The first-order valence-corrected chi connectivity index (χ1v) is 6.34. The van der Waals surface area contributed by atoms with E-state index in [0.29, 0.717) is 5.69 Å². The Morgan fingerprint density at radius 1 is 1.35 bits per heavy atom. The summed E-state index contributed by atoms with van der Waals surface area (Å²) in [5, 5.41) is 18.4. The maximum atomic E-state index is 11.1. The van der Waals surface area contributed by atoms with E-state index in [1.54, 1.807) is 18.3 Å².